The normalized spacial score (nSPS) is 19.4. The molecule has 2 aliphatic heterocycles. The van der Waals surface area contributed by atoms with E-state index >= 15 is 0 Å². The van der Waals surface area contributed by atoms with Crippen LogP contribution in [-0.4, -0.2) is 63.9 Å². The van der Waals surface area contributed by atoms with Crippen molar-refractivity contribution in [2.24, 2.45) is 0 Å². The van der Waals surface area contributed by atoms with Crippen LogP contribution in [0.5, 0.6) is 11.8 Å². The molecule has 0 saturated carbocycles. The predicted octanol–water partition coefficient (Wildman–Crippen LogP) is 2.45. The molecule has 0 unspecified atom stereocenters. The summed E-state index contributed by atoms with van der Waals surface area (Å²) in [6.45, 7) is 2.07. The zero-order valence-corrected chi connectivity index (χ0v) is 17.5. The van der Waals surface area contributed by atoms with Crippen molar-refractivity contribution in [1.29, 1.82) is 0 Å². The molecule has 0 radical (unpaired) electrons. The zero-order chi connectivity index (χ0) is 23.6. The molecule has 3 heterocycles. The largest absolute Gasteiger partial charge is 0.573 e. The summed E-state index contributed by atoms with van der Waals surface area (Å²) >= 11 is 0. The van der Waals surface area contributed by atoms with Gasteiger partial charge in [0.2, 0.25) is 5.91 Å². The Kier molecular flexibility index (Phi) is 6.40. The Hall–Kier alpha value is -3.35. The third-order valence-corrected chi connectivity index (χ3v) is 5.65. The van der Waals surface area contributed by atoms with Crippen LogP contribution in [0.3, 0.4) is 0 Å². The van der Waals surface area contributed by atoms with Gasteiger partial charge < -0.3 is 24.9 Å². The molecule has 1 N–H and O–H groups in total. The molecule has 4 rings (SSSR count). The quantitative estimate of drug-likeness (QED) is 0.511. The lowest BCUT2D eigenvalue weighted by Crippen LogP contribution is -2.49. The molecule has 10 nitrogen and oxygen atoms in total. The molecule has 0 aliphatic carbocycles. The maximum absolute atomic E-state index is 12.5. The smallest absolute Gasteiger partial charge is 0.444 e. The van der Waals surface area contributed by atoms with Crippen molar-refractivity contribution in [1.82, 2.24) is 19.8 Å². The first-order valence-electron chi connectivity index (χ1n) is 10.4. The fraction of sp³-hybridized carbons (Fsp3) is 0.500. The van der Waals surface area contributed by atoms with Gasteiger partial charge in [0.05, 0.1) is 19.1 Å². The number of rotatable bonds is 6. The van der Waals surface area contributed by atoms with E-state index in [4.69, 9.17) is 4.74 Å². The minimum Gasteiger partial charge on any atom is -0.444 e. The molecule has 178 valence electrons. The van der Waals surface area contributed by atoms with Gasteiger partial charge in [-0.1, -0.05) is 12.1 Å². The molecule has 2 aromatic rings. The molecule has 33 heavy (non-hydrogen) atoms. The first-order valence-corrected chi connectivity index (χ1v) is 10.4. The van der Waals surface area contributed by atoms with Gasteiger partial charge in [0.1, 0.15) is 18.6 Å². The number of imidazole rings is 1. The summed E-state index contributed by atoms with van der Waals surface area (Å²) in [6.07, 6.45) is -1.88. The van der Waals surface area contributed by atoms with Gasteiger partial charge in [-0.2, -0.15) is 0 Å². The molecule has 13 heteroatoms. The molecule has 1 amide bonds. The summed E-state index contributed by atoms with van der Waals surface area (Å²) in [4.78, 5) is 28.5. The molecule has 2 aliphatic rings. The van der Waals surface area contributed by atoms with Crippen LogP contribution in [0.15, 0.2) is 30.5 Å². The monoisotopic (exact) mass is 469 g/mol. The van der Waals surface area contributed by atoms with Crippen molar-refractivity contribution in [3.63, 3.8) is 0 Å². The Morgan fingerprint density at radius 1 is 1.27 bits per heavy atom. The number of nitrogens with zero attached hydrogens (tertiary/aromatic N) is 4. The standard InChI is InChI=1S/C20H22F3N5O5/c21-20(22,23)33-16-3-1-13(2-4-16)14-5-7-26(8-6-14)11-18(29)24-15-9-27-10-17(28(30)31)25-19(27)32-12-15/h1-4,10,14-15H,5-9,11-12H2,(H,24,29)/t15-/m0/s1. The topological polar surface area (TPSA) is 112 Å². The van der Waals surface area contributed by atoms with E-state index in [1.165, 1.54) is 22.9 Å². The number of alkyl halides is 3. The second-order valence-electron chi connectivity index (χ2n) is 8.03. The van der Waals surface area contributed by atoms with E-state index in [-0.39, 0.29) is 48.6 Å². The number of nitro groups is 1. The highest BCUT2D eigenvalue weighted by atomic mass is 19.4. The number of benzene rings is 1. The summed E-state index contributed by atoms with van der Waals surface area (Å²) in [5.74, 6) is -0.521. The fourth-order valence-electron chi connectivity index (χ4n) is 4.11. The van der Waals surface area contributed by atoms with Crippen LogP contribution in [0.2, 0.25) is 0 Å². The number of carbonyl (C=O) groups excluding carboxylic acids is 1. The lowest BCUT2D eigenvalue weighted by molar-refractivity contribution is -0.389. The summed E-state index contributed by atoms with van der Waals surface area (Å²) in [7, 11) is 0. The lowest BCUT2D eigenvalue weighted by atomic mass is 9.89. The van der Waals surface area contributed by atoms with Crippen LogP contribution in [0.1, 0.15) is 24.3 Å². The van der Waals surface area contributed by atoms with Crippen LogP contribution in [0, 0.1) is 10.1 Å². The van der Waals surface area contributed by atoms with Crippen molar-refractivity contribution in [3.8, 4) is 11.8 Å². The average Bonchev–Trinajstić information content (AvgIpc) is 3.18. The van der Waals surface area contributed by atoms with E-state index < -0.39 is 11.3 Å². The van der Waals surface area contributed by atoms with Crippen molar-refractivity contribution >= 4 is 11.7 Å². The highest BCUT2D eigenvalue weighted by Gasteiger charge is 2.32. The van der Waals surface area contributed by atoms with Gasteiger partial charge in [0.25, 0.3) is 0 Å². The number of amides is 1. The van der Waals surface area contributed by atoms with E-state index in [0.717, 1.165) is 18.4 Å². The van der Waals surface area contributed by atoms with E-state index in [9.17, 15) is 28.1 Å². The number of nitrogens with one attached hydrogen (secondary N) is 1. The van der Waals surface area contributed by atoms with Gasteiger partial charge in [-0.15, -0.1) is 13.2 Å². The summed E-state index contributed by atoms with van der Waals surface area (Å²) < 4.78 is 47.7. The van der Waals surface area contributed by atoms with E-state index in [0.29, 0.717) is 19.6 Å². The SMILES string of the molecule is O=C(CN1CCC(c2ccc(OC(F)(F)F)cc2)CC1)N[C@@H]1COc2nc([N+](=O)[O-])cn2C1. The van der Waals surface area contributed by atoms with Crippen LogP contribution >= 0.6 is 0 Å². The Bertz CT molecular complexity index is 1000. The maximum atomic E-state index is 12.5. The summed E-state index contributed by atoms with van der Waals surface area (Å²) in [6, 6.07) is 5.75. The van der Waals surface area contributed by atoms with Crippen LogP contribution in [0.4, 0.5) is 19.0 Å². The number of hydrogen-bond donors (Lipinski definition) is 1. The maximum Gasteiger partial charge on any atom is 0.573 e. The average molecular weight is 469 g/mol. The molecule has 1 aromatic heterocycles. The van der Waals surface area contributed by atoms with E-state index in [1.807, 2.05) is 4.90 Å². The van der Waals surface area contributed by atoms with Gasteiger partial charge in [-0.3, -0.25) is 14.3 Å². The van der Waals surface area contributed by atoms with E-state index in [2.05, 4.69) is 15.0 Å². The second kappa shape index (κ2) is 9.25. The number of carbonyl (C=O) groups is 1. The third kappa shape index (κ3) is 5.92. The van der Waals surface area contributed by atoms with Crippen molar-refractivity contribution in [2.75, 3.05) is 26.2 Å². The Labute approximate surface area is 186 Å². The Morgan fingerprint density at radius 2 is 1.97 bits per heavy atom. The van der Waals surface area contributed by atoms with Gasteiger partial charge >= 0.3 is 18.2 Å². The van der Waals surface area contributed by atoms with Crippen LogP contribution < -0.4 is 14.8 Å². The van der Waals surface area contributed by atoms with E-state index in [1.54, 1.807) is 12.1 Å². The lowest BCUT2D eigenvalue weighted by Gasteiger charge is -2.32. The predicted molar refractivity (Wildman–Crippen MR) is 108 cm³/mol. The van der Waals surface area contributed by atoms with Crippen LogP contribution in [-0.2, 0) is 11.3 Å². The number of piperidine rings is 1. The summed E-state index contributed by atoms with van der Waals surface area (Å²) in [5.41, 5.74) is 0.943. The highest BCUT2D eigenvalue weighted by molar-refractivity contribution is 5.78. The highest BCUT2D eigenvalue weighted by Crippen LogP contribution is 2.30. The molecular weight excluding hydrogens is 447 g/mol. The van der Waals surface area contributed by atoms with Gasteiger partial charge in [0, 0.05) is 4.98 Å². The number of ether oxygens (including phenoxy) is 2. The number of fused-ring (bicyclic) bond motifs is 1. The second-order valence-corrected chi connectivity index (χ2v) is 8.03. The summed E-state index contributed by atoms with van der Waals surface area (Å²) in [5, 5.41) is 13.7. The van der Waals surface area contributed by atoms with Crippen molar-refractivity contribution < 1.29 is 32.4 Å². The minimum absolute atomic E-state index is 0.160. The number of halogens is 3. The molecule has 1 aromatic carbocycles. The molecular formula is C20H22F3N5O5. The molecule has 0 bridgehead atoms. The minimum atomic E-state index is -4.71. The van der Waals surface area contributed by atoms with Gasteiger partial charge in [0.15, 0.2) is 0 Å². The first-order chi connectivity index (χ1) is 15.7. The number of hydrogen-bond acceptors (Lipinski definition) is 7. The first kappa shape index (κ1) is 22.8. The van der Waals surface area contributed by atoms with Gasteiger partial charge in [-0.05, 0) is 54.5 Å². The molecule has 1 fully saturated rings. The van der Waals surface area contributed by atoms with Crippen LogP contribution in [0.25, 0.3) is 0 Å². The van der Waals surface area contributed by atoms with Crippen molar-refractivity contribution in [3.05, 3.63) is 46.1 Å². The Balaban J connectivity index is 1.22. The molecule has 1 saturated heterocycles. The fourth-order valence-corrected chi connectivity index (χ4v) is 4.11. The third-order valence-electron chi connectivity index (χ3n) is 5.65. The number of likely N-dealkylation sites (tertiary alicyclic amines) is 1. The molecule has 1 atom stereocenters. The van der Waals surface area contributed by atoms with Crippen molar-refractivity contribution in [2.45, 2.75) is 37.7 Å². The number of aromatic nitrogens is 2. The van der Waals surface area contributed by atoms with Gasteiger partial charge in [-0.25, -0.2) is 0 Å². The molecule has 0 spiro atoms. The zero-order valence-electron chi connectivity index (χ0n) is 17.5. The Morgan fingerprint density at radius 3 is 2.61 bits per heavy atom.